The fourth-order valence-corrected chi connectivity index (χ4v) is 11.8. The average molecular weight is 754 g/mol. The molecule has 0 N–H and O–H groups in total. The number of hydrogen-bond acceptors (Lipinski definition) is 2. The van der Waals surface area contributed by atoms with Crippen LogP contribution in [0.2, 0.25) is 0 Å². The smallest absolute Gasteiger partial charge is 0.134 e. The van der Waals surface area contributed by atoms with Crippen molar-refractivity contribution in [2.24, 2.45) is 17.8 Å². The number of para-hydroxylation sites is 1. The zero-order chi connectivity index (χ0) is 39.4. The molecular weight excluding hydrogens is 703 g/mol. The maximum atomic E-state index is 6.67. The van der Waals surface area contributed by atoms with Crippen molar-refractivity contribution < 1.29 is 4.42 Å². The van der Waals surface area contributed by atoms with Crippen LogP contribution in [0.25, 0.3) is 28.2 Å². The minimum absolute atomic E-state index is 0.000142. The van der Waals surface area contributed by atoms with Crippen LogP contribution in [0.5, 0.6) is 0 Å². The molecule has 0 radical (unpaired) electrons. The number of hydrogen-bond donors (Lipinski definition) is 0. The first kappa shape index (κ1) is 35.3. The number of anilines is 1. The minimum atomic E-state index is -0.242. The van der Waals surface area contributed by atoms with E-state index in [1.807, 2.05) is 0 Å². The first-order chi connectivity index (χ1) is 28.2. The number of nitrogens with zero attached hydrogens (tertiary/aromatic N) is 1. The molecule has 1 heterocycles. The number of benzene rings is 5. The lowest BCUT2D eigenvalue weighted by Crippen LogP contribution is -2.54. The lowest BCUT2D eigenvalue weighted by molar-refractivity contribution is 0.161. The van der Waals surface area contributed by atoms with Crippen molar-refractivity contribution in [3.63, 3.8) is 0 Å². The molecule has 6 aromatic rings. The first-order valence-corrected chi connectivity index (χ1v) is 21.3. The maximum Gasteiger partial charge on any atom is 0.134 e. The number of rotatable bonds is 4. The highest BCUT2D eigenvalue weighted by Crippen LogP contribution is 2.67. The Balaban J connectivity index is 1.16. The van der Waals surface area contributed by atoms with Gasteiger partial charge in [-0.25, -0.2) is 0 Å². The first-order valence-electron chi connectivity index (χ1n) is 21.3. The molecule has 5 aliphatic rings. The molecule has 5 aromatic carbocycles. The van der Waals surface area contributed by atoms with Crippen molar-refractivity contribution in [3.8, 4) is 11.1 Å². The molecule has 0 saturated carbocycles. The van der Waals surface area contributed by atoms with Gasteiger partial charge in [0.05, 0.1) is 6.04 Å². The SMILES string of the molecule is CC(C)(C)c1ccc(N(C2=CC3C(C=C2)C(C)(C)c2ccccc2C32c3ccccc3C3C=CC=CC32)C2C=Cc3c(oc4ccccc34)C2)c(-c2ccccc2)c1. The van der Waals surface area contributed by atoms with Gasteiger partial charge in [-0.05, 0) is 74.4 Å². The van der Waals surface area contributed by atoms with Gasteiger partial charge in [-0.3, -0.25) is 0 Å². The molecule has 0 bridgehead atoms. The van der Waals surface area contributed by atoms with Crippen molar-refractivity contribution in [2.75, 3.05) is 4.90 Å². The predicted octanol–water partition coefficient (Wildman–Crippen LogP) is 13.6. The molecule has 1 aromatic heterocycles. The summed E-state index contributed by atoms with van der Waals surface area (Å²) in [4.78, 5) is 2.66. The largest absolute Gasteiger partial charge is 0.460 e. The second-order valence-electron chi connectivity index (χ2n) is 18.8. The number of furan rings is 1. The van der Waals surface area contributed by atoms with Gasteiger partial charge in [0.15, 0.2) is 0 Å². The van der Waals surface area contributed by atoms with Crippen molar-refractivity contribution in [3.05, 3.63) is 215 Å². The second kappa shape index (κ2) is 12.8. The Hall–Kier alpha value is -5.86. The number of fused-ring (bicyclic) bond motifs is 12. The Morgan fingerprint density at radius 1 is 0.655 bits per heavy atom. The molecule has 0 fully saturated rings. The van der Waals surface area contributed by atoms with E-state index in [0.29, 0.717) is 17.8 Å². The lowest BCUT2D eigenvalue weighted by atomic mass is 9.46. The van der Waals surface area contributed by atoms with Crippen LogP contribution in [0.15, 0.2) is 180 Å². The van der Waals surface area contributed by atoms with Gasteiger partial charge in [-0.1, -0.05) is 186 Å². The van der Waals surface area contributed by atoms with E-state index in [4.69, 9.17) is 4.42 Å². The second-order valence-corrected chi connectivity index (χ2v) is 18.8. The zero-order valence-electron chi connectivity index (χ0n) is 34.2. The van der Waals surface area contributed by atoms with Crippen molar-refractivity contribution in [1.29, 1.82) is 0 Å². The van der Waals surface area contributed by atoms with Crippen LogP contribution >= 0.6 is 0 Å². The fraction of sp³-hybridized carbons (Fsp3) is 0.250. The molecular formula is C56H51NO. The molecule has 286 valence electrons. The summed E-state index contributed by atoms with van der Waals surface area (Å²) in [6.07, 6.45) is 22.9. The van der Waals surface area contributed by atoms with Gasteiger partial charge in [0.1, 0.15) is 11.3 Å². The highest BCUT2D eigenvalue weighted by Gasteiger charge is 2.62. The van der Waals surface area contributed by atoms with Gasteiger partial charge in [0.2, 0.25) is 0 Å². The van der Waals surface area contributed by atoms with Crippen LogP contribution in [-0.4, -0.2) is 6.04 Å². The monoisotopic (exact) mass is 753 g/mol. The van der Waals surface area contributed by atoms with Crippen LogP contribution in [0, 0.1) is 17.8 Å². The molecule has 0 saturated heterocycles. The van der Waals surface area contributed by atoms with Crippen LogP contribution in [0.3, 0.4) is 0 Å². The Kier molecular flexibility index (Phi) is 7.81. The quantitative estimate of drug-likeness (QED) is 0.178. The third kappa shape index (κ3) is 5.03. The topological polar surface area (TPSA) is 16.4 Å². The third-order valence-electron chi connectivity index (χ3n) is 14.5. The van der Waals surface area contributed by atoms with Crippen LogP contribution < -0.4 is 4.90 Å². The fourth-order valence-electron chi connectivity index (χ4n) is 11.8. The number of allylic oxidation sites excluding steroid dienone is 7. The Morgan fingerprint density at radius 2 is 1.38 bits per heavy atom. The van der Waals surface area contributed by atoms with Gasteiger partial charge < -0.3 is 9.32 Å². The molecule has 5 aliphatic carbocycles. The van der Waals surface area contributed by atoms with Gasteiger partial charge in [-0.15, -0.1) is 0 Å². The van der Waals surface area contributed by atoms with Crippen molar-refractivity contribution in [1.82, 2.24) is 0 Å². The Bertz CT molecular complexity index is 2760. The molecule has 2 heteroatoms. The van der Waals surface area contributed by atoms with E-state index in [2.05, 4.69) is 216 Å². The third-order valence-corrected chi connectivity index (χ3v) is 14.5. The van der Waals surface area contributed by atoms with Crippen molar-refractivity contribution >= 4 is 22.7 Å². The van der Waals surface area contributed by atoms with E-state index < -0.39 is 0 Å². The molecule has 1 spiro atoms. The summed E-state index contributed by atoms with van der Waals surface area (Å²) in [5.74, 6) is 2.18. The Morgan fingerprint density at radius 3 is 2.21 bits per heavy atom. The summed E-state index contributed by atoms with van der Waals surface area (Å²) >= 11 is 0. The Labute approximate surface area is 343 Å². The summed E-state index contributed by atoms with van der Waals surface area (Å²) in [6, 6.07) is 45.5. The molecule has 58 heavy (non-hydrogen) atoms. The van der Waals surface area contributed by atoms with E-state index in [-0.39, 0.29) is 28.2 Å². The molecule has 2 nitrogen and oxygen atoms in total. The summed E-state index contributed by atoms with van der Waals surface area (Å²) in [5, 5.41) is 1.19. The van der Waals surface area contributed by atoms with Crippen LogP contribution in [-0.2, 0) is 22.7 Å². The summed E-state index contributed by atoms with van der Waals surface area (Å²) < 4.78 is 6.67. The summed E-state index contributed by atoms with van der Waals surface area (Å²) in [7, 11) is 0. The maximum absolute atomic E-state index is 6.67. The highest BCUT2D eigenvalue weighted by atomic mass is 16.3. The van der Waals surface area contributed by atoms with Crippen molar-refractivity contribution in [2.45, 2.75) is 69.2 Å². The summed E-state index contributed by atoms with van der Waals surface area (Å²) in [6.45, 7) is 11.9. The molecule has 6 unspecified atom stereocenters. The zero-order valence-corrected chi connectivity index (χ0v) is 34.2. The van der Waals surface area contributed by atoms with E-state index >= 15 is 0 Å². The highest BCUT2D eigenvalue weighted by molar-refractivity contribution is 5.90. The van der Waals surface area contributed by atoms with Crippen LogP contribution in [0.4, 0.5) is 5.69 Å². The normalized spacial score (nSPS) is 25.8. The van der Waals surface area contributed by atoms with E-state index in [0.717, 1.165) is 17.8 Å². The predicted molar refractivity (Wildman–Crippen MR) is 241 cm³/mol. The van der Waals surface area contributed by atoms with Gasteiger partial charge in [0.25, 0.3) is 0 Å². The van der Waals surface area contributed by atoms with Gasteiger partial charge >= 0.3 is 0 Å². The summed E-state index contributed by atoms with van der Waals surface area (Å²) in [5.41, 5.74) is 14.1. The van der Waals surface area contributed by atoms with E-state index in [9.17, 15) is 0 Å². The standard InChI is InChI=1S/C56H51NO/c1-54(2,3)37-27-32-51(44(33-37)36-17-7-6-8-18-36)57(39-28-30-43-42-21-11-16-26-52(42)58-53(43)35-39)38-29-31-48-50(34-38)56(49-25-15-14-24-47(49)55(48,4)5)45-22-12-9-19-40(45)41-20-10-13-23-46(41)56/h6-34,39-40,45,48,50H,35H2,1-5H3. The minimum Gasteiger partial charge on any atom is -0.460 e. The molecule has 0 aliphatic heterocycles. The average Bonchev–Trinajstić information content (AvgIpc) is 3.77. The van der Waals surface area contributed by atoms with Gasteiger partial charge in [0, 0.05) is 57.5 Å². The lowest BCUT2D eigenvalue weighted by Gasteiger charge is -2.57. The van der Waals surface area contributed by atoms with Gasteiger partial charge in [-0.2, -0.15) is 0 Å². The van der Waals surface area contributed by atoms with E-state index in [1.165, 1.54) is 61.3 Å². The van der Waals surface area contributed by atoms with Crippen LogP contribution in [0.1, 0.15) is 79.7 Å². The molecule has 6 atom stereocenters. The van der Waals surface area contributed by atoms with E-state index in [1.54, 1.807) is 0 Å². The molecule has 11 rings (SSSR count). The molecule has 0 amide bonds.